The van der Waals surface area contributed by atoms with Crippen LogP contribution in [0.5, 0.6) is 0 Å². The van der Waals surface area contributed by atoms with Crippen LogP contribution in [0.2, 0.25) is 0 Å². The van der Waals surface area contributed by atoms with Gasteiger partial charge in [0, 0.05) is 0 Å². The molecule has 6 heteroatoms. The maximum Gasteiger partial charge on any atom is 0.328 e. The lowest BCUT2D eigenvalue weighted by Gasteiger charge is -2.37. The zero-order valence-corrected chi connectivity index (χ0v) is 16.0. The molecule has 1 aliphatic heterocycles. The Morgan fingerprint density at radius 2 is 1.88 bits per heavy atom. The number of carboxylic acids is 1. The minimum Gasteiger partial charge on any atom is -0.480 e. The van der Waals surface area contributed by atoms with Crippen molar-refractivity contribution in [1.29, 1.82) is 0 Å². The van der Waals surface area contributed by atoms with E-state index >= 15 is 0 Å². The van der Waals surface area contributed by atoms with Crippen LogP contribution in [0.1, 0.15) is 71.6 Å². The third-order valence-corrected chi connectivity index (χ3v) is 6.37. The highest BCUT2D eigenvalue weighted by atomic mass is 16.5. The van der Waals surface area contributed by atoms with Crippen LogP contribution in [-0.4, -0.2) is 46.5 Å². The first-order valence-corrected chi connectivity index (χ1v) is 10.2. The van der Waals surface area contributed by atoms with Crippen LogP contribution in [0, 0.1) is 17.8 Å². The van der Waals surface area contributed by atoms with Gasteiger partial charge in [-0.15, -0.1) is 0 Å². The van der Waals surface area contributed by atoms with E-state index in [9.17, 15) is 14.7 Å². The zero-order valence-electron chi connectivity index (χ0n) is 16.0. The Bertz CT molecular complexity index is 534. The first-order valence-electron chi connectivity index (χ1n) is 10.2. The number of nitrogens with zero attached hydrogens (tertiary/aromatic N) is 2. The van der Waals surface area contributed by atoms with Crippen LogP contribution in [0.15, 0.2) is 5.10 Å². The molecule has 26 heavy (non-hydrogen) atoms. The summed E-state index contributed by atoms with van der Waals surface area (Å²) in [6.07, 6.45) is 10.1. The number of hydrogen-bond acceptors (Lipinski definition) is 4. The molecule has 4 atom stereocenters. The molecule has 0 radical (unpaired) electrons. The van der Waals surface area contributed by atoms with E-state index in [0.29, 0.717) is 24.2 Å². The monoisotopic (exact) mass is 364 g/mol. The second-order valence-electron chi connectivity index (χ2n) is 8.47. The largest absolute Gasteiger partial charge is 0.480 e. The van der Waals surface area contributed by atoms with Crippen molar-refractivity contribution in [2.24, 2.45) is 22.9 Å². The van der Waals surface area contributed by atoms with Crippen molar-refractivity contribution in [1.82, 2.24) is 5.01 Å². The number of rotatable bonds is 6. The molecule has 0 bridgehead atoms. The lowest BCUT2D eigenvalue weighted by Crippen LogP contribution is -2.48. The van der Waals surface area contributed by atoms with Gasteiger partial charge in [0.2, 0.25) is 5.91 Å². The van der Waals surface area contributed by atoms with Crippen LogP contribution < -0.4 is 0 Å². The van der Waals surface area contributed by atoms with Crippen LogP contribution in [0.3, 0.4) is 0 Å². The molecule has 1 heterocycles. The van der Waals surface area contributed by atoms with Gasteiger partial charge in [-0.25, -0.2) is 9.80 Å². The van der Waals surface area contributed by atoms with Crippen LogP contribution >= 0.6 is 0 Å². The SMILES string of the molecule is CC1CCCC(C)C1OC1C=NN([C@H](CC2CCCC2)C(=O)O)C(=O)C1. The molecule has 0 aromatic carbocycles. The van der Waals surface area contributed by atoms with Gasteiger partial charge in [-0.05, 0) is 37.0 Å². The average Bonchev–Trinajstić information content (AvgIpc) is 3.10. The van der Waals surface area contributed by atoms with E-state index in [4.69, 9.17) is 4.74 Å². The van der Waals surface area contributed by atoms with Crippen molar-refractivity contribution in [2.75, 3.05) is 0 Å². The van der Waals surface area contributed by atoms with Gasteiger partial charge in [0.05, 0.1) is 18.7 Å². The molecule has 0 saturated heterocycles. The predicted molar refractivity (Wildman–Crippen MR) is 98.8 cm³/mol. The third kappa shape index (κ3) is 4.45. The van der Waals surface area contributed by atoms with E-state index in [2.05, 4.69) is 18.9 Å². The highest BCUT2D eigenvalue weighted by Gasteiger charge is 2.37. The summed E-state index contributed by atoms with van der Waals surface area (Å²) in [5, 5.41) is 15.0. The molecule has 0 aromatic rings. The molecular formula is C20H32N2O4. The maximum atomic E-state index is 12.6. The van der Waals surface area contributed by atoms with Gasteiger partial charge in [-0.1, -0.05) is 46.0 Å². The summed E-state index contributed by atoms with van der Waals surface area (Å²) in [5.74, 6) is 0.149. The third-order valence-electron chi connectivity index (χ3n) is 6.37. The molecule has 0 aromatic heterocycles. The van der Waals surface area contributed by atoms with Crippen molar-refractivity contribution >= 4 is 18.1 Å². The number of ether oxygens (including phenoxy) is 1. The summed E-state index contributed by atoms with van der Waals surface area (Å²) in [4.78, 5) is 24.3. The standard InChI is InChI=1S/C20H32N2O4/c1-13-6-5-7-14(2)19(13)26-16-11-18(23)22(21-12-16)17(20(24)25)10-15-8-3-4-9-15/h12-17,19H,3-11H2,1-2H3,(H,24,25)/t13?,14?,16?,17-,19?/m1/s1. The maximum absolute atomic E-state index is 12.6. The van der Waals surface area contributed by atoms with Gasteiger partial charge in [0.25, 0.3) is 0 Å². The molecular weight excluding hydrogens is 332 g/mol. The fraction of sp³-hybridized carbons (Fsp3) is 0.850. The number of amides is 1. The first-order chi connectivity index (χ1) is 12.5. The Hall–Kier alpha value is -1.43. The number of carbonyl (C=O) groups is 2. The smallest absolute Gasteiger partial charge is 0.328 e. The summed E-state index contributed by atoms with van der Waals surface area (Å²) < 4.78 is 6.20. The van der Waals surface area contributed by atoms with E-state index in [1.165, 1.54) is 11.4 Å². The second-order valence-corrected chi connectivity index (χ2v) is 8.47. The number of aliphatic carboxylic acids is 1. The van der Waals surface area contributed by atoms with Crippen LogP contribution in [0.25, 0.3) is 0 Å². The lowest BCUT2D eigenvalue weighted by atomic mass is 9.80. The normalized spacial score (nSPS) is 34.2. The Labute approximate surface area is 156 Å². The van der Waals surface area contributed by atoms with Gasteiger partial charge in [0.1, 0.15) is 6.10 Å². The molecule has 0 spiro atoms. The van der Waals surface area contributed by atoms with E-state index in [1.54, 1.807) is 6.21 Å². The fourth-order valence-corrected chi connectivity index (χ4v) is 4.85. The molecule has 1 amide bonds. The Balaban J connectivity index is 1.63. The van der Waals surface area contributed by atoms with Gasteiger partial charge in [-0.2, -0.15) is 5.10 Å². The number of hydrazone groups is 1. The van der Waals surface area contributed by atoms with Gasteiger partial charge in [-0.3, -0.25) is 4.79 Å². The number of hydrogen-bond donors (Lipinski definition) is 1. The molecule has 3 unspecified atom stereocenters. The Kier molecular flexibility index (Phi) is 6.33. The minimum absolute atomic E-state index is 0.147. The molecule has 146 valence electrons. The summed E-state index contributed by atoms with van der Waals surface area (Å²) in [7, 11) is 0. The van der Waals surface area contributed by atoms with Gasteiger partial charge >= 0.3 is 5.97 Å². The van der Waals surface area contributed by atoms with Gasteiger partial charge < -0.3 is 9.84 Å². The van der Waals surface area contributed by atoms with Crippen LogP contribution in [0.4, 0.5) is 0 Å². The highest BCUT2D eigenvalue weighted by molar-refractivity contribution is 5.88. The van der Waals surface area contributed by atoms with Crippen molar-refractivity contribution in [3.8, 4) is 0 Å². The zero-order chi connectivity index (χ0) is 18.7. The predicted octanol–water partition coefficient (Wildman–Crippen LogP) is 3.45. The molecule has 2 aliphatic carbocycles. The lowest BCUT2D eigenvalue weighted by molar-refractivity contribution is -0.153. The topological polar surface area (TPSA) is 79.2 Å². The average molecular weight is 364 g/mol. The molecule has 3 aliphatic rings. The Morgan fingerprint density at radius 1 is 1.23 bits per heavy atom. The van der Waals surface area contributed by atoms with Crippen molar-refractivity contribution in [3.05, 3.63) is 0 Å². The van der Waals surface area contributed by atoms with E-state index in [1.807, 2.05) is 0 Å². The van der Waals surface area contributed by atoms with Crippen molar-refractivity contribution < 1.29 is 19.4 Å². The quantitative estimate of drug-likeness (QED) is 0.783. The van der Waals surface area contributed by atoms with Crippen LogP contribution in [-0.2, 0) is 14.3 Å². The first kappa shape index (κ1) is 19.3. The molecule has 1 N–H and O–H groups in total. The summed E-state index contributed by atoms with van der Waals surface area (Å²) in [5.41, 5.74) is 0. The number of carboxylic acid groups (broad SMARTS) is 1. The summed E-state index contributed by atoms with van der Waals surface area (Å²) in [6, 6.07) is -0.852. The van der Waals surface area contributed by atoms with E-state index < -0.39 is 12.0 Å². The van der Waals surface area contributed by atoms with Crippen molar-refractivity contribution in [3.63, 3.8) is 0 Å². The molecule has 2 fully saturated rings. The number of carbonyl (C=O) groups excluding carboxylic acids is 1. The molecule has 2 saturated carbocycles. The van der Waals surface area contributed by atoms with E-state index in [0.717, 1.165) is 38.5 Å². The second kappa shape index (κ2) is 8.51. The summed E-state index contributed by atoms with van der Waals surface area (Å²) in [6.45, 7) is 4.41. The molecule has 6 nitrogen and oxygen atoms in total. The summed E-state index contributed by atoms with van der Waals surface area (Å²) >= 11 is 0. The fourth-order valence-electron chi connectivity index (χ4n) is 4.85. The van der Waals surface area contributed by atoms with Gasteiger partial charge in [0.15, 0.2) is 6.04 Å². The minimum atomic E-state index is -0.962. The molecule has 3 rings (SSSR count). The van der Waals surface area contributed by atoms with Crippen molar-refractivity contribution in [2.45, 2.75) is 89.9 Å². The Morgan fingerprint density at radius 3 is 2.46 bits per heavy atom. The van der Waals surface area contributed by atoms with E-state index in [-0.39, 0.29) is 24.5 Å². The highest BCUT2D eigenvalue weighted by Crippen LogP contribution is 2.33.